The highest BCUT2D eigenvalue weighted by Crippen LogP contribution is 2.35. The van der Waals surface area contributed by atoms with Crippen LogP contribution in [0, 0.1) is 0 Å². The van der Waals surface area contributed by atoms with E-state index in [4.69, 9.17) is 9.47 Å². The van der Waals surface area contributed by atoms with Gasteiger partial charge in [-0.3, -0.25) is 0 Å². The fourth-order valence-corrected chi connectivity index (χ4v) is 4.40. The third-order valence-corrected chi connectivity index (χ3v) is 5.82. The maximum Gasteiger partial charge on any atom is 0.363 e. The number of esters is 2. The number of aliphatic imine (C=N–C) groups is 1. The Balaban J connectivity index is 1.70. The van der Waals surface area contributed by atoms with Gasteiger partial charge in [0, 0.05) is 20.1 Å². The van der Waals surface area contributed by atoms with Crippen molar-refractivity contribution in [1.29, 1.82) is 0 Å². The molecule has 0 saturated heterocycles. The standard InChI is InChI=1S/C23H12Br3NO4/c24-16-8-6-14(7-9-16)22(28)30-20-15(10-17(25)12-18(20)26)11-19-23(29)31-21(27-19)13-4-2-1-3-5-13/h1-12H/b19-11-. The summed E-state index contributed by atoms with van der Waals surface area (Å²) in [5.74, 6) is -0.628. The van der Waals surface area contributed by atoms with E-state index in [-0.39, 0.29) is 17.3 Å². The van der Waals surface area contributed by atoms with Gasteiger partial charge >= 0.3 is 11.9 Å². The van der Waals surface area contributed by atoms with Gasteiger partial charge in [0.1, 0.15) is 0 Å². The Labute approximate surface area is 203 Å². The molecule has 5 nitrogen and oxygen atoms in total. The molecule has 0 unspecified atom stereocenters. The number of ether oxygens (including phenoxy) is 2. The van der Waals surface area contributed by atoms with Crippen LogP contribution in [0.4, 0.5) is 0 Å². The van der Waals surface area contributed by atoms with Crippen LogP contribution in [-0.4, -0.2) is 17.8 Å². The molecular formula is C23H12Br3NO4. The molecule has 0 bridgehead atoms. The zero-order chi connectivity index (χ0) is 22.0. The lowest BCUT2D eigenvalue weighted by Crippen LogP contribution is -2.10. The number of hydrogen-bond acceptors (Lipinski definition) is 5. The third kappa shape index (κ3) is 5.03. The van der Waals surface area contributed by atoms with Crippen LogP contribution in [0.5, 0.6) is 5.75 Å². The first-order valence-electron chi connectivity index (χ1n) is 8.95. The van der Waals surface area contributed by atoms with Crippen molar-refractivity contribution < 1.29 is 19.1 Å². The van der Waals surface area contributed by atoms with Crippen molar-refractivity contribution in [2.24, 2.45) is 4.99 Å². The fraction of sp³-hybridized carbons (Fsp3) is 0. The molecule has 31 heavy (non-hydrogen) atoms. The number of carbonyl (C=O) groups excluding carboxylic acids is 2. The zero-order valence-electron chi connectivity index (χ0n) is 15.6. The highest BCUT2D eigenvalue weighted by molar-refractivity contribution is 9.11. The summed E-state index contributed by atoms with van der Waals surface area (Å²) in [7, 11) is 0. The molecule has 1 aliphatic heterocycles. The molecule has 0 atom stereocenters. The molecule has 0 saturated carbocycles. The van der Waals surface area contributed by atoms with Crippen molar-refractivity contribution in [2.45, 2.75) is 0 Å². The fourth-order valence-electron chi connectivity index (χ4n) is 2.79. The van der Waals surface area contributed by atoms with Crippen LogP contribution < -0.4 is 4.74 Å². The quantitative estimate of drug-likeness (QED) is 0.193. The van der Waals surface area contributed by atoms with Gasteiger partial charge in [-0.2, -0.15) is 0 Å². The van der Waals surface area contributed by atoms with Crippen molar-refractivity contribution in [3.05, 3.63) is 103 Å². The van der Waals surface area contributed by atoms with E-state index < -0.39 is 11.9 Å². The summed E-state index contributed by atoms with van der Waals surface area (Å²) in [6, 6.07) is 19.4. The van der Waals surface area contributed by atoms with E-state index in [1.165, 1.54) is 6.08 Å². The number of cyclic esters (lactones) is 1. The Morgan fingerprint density at radius 2 is 1.65 bits per heavy atom. The first-order valence-corrected chi connectivity index (χ1v) is 11.3. The minimum absolute atomic E-state index is 0.102. The van der Waals surface area contributed by atoms with Crippen molar-refractivity contribution in [3.8, 4) is 5.75 Å². The molecule has 1 heterocycles. The summed E-state index contributed by atoms with van der Waals surface area (Å²) in [6.45, 7) is 0. The molecule has 0 spiro atoms. The molecular weight excluding hydrogens is 594 g/mol. The minimum Gasteiger partial charge on any atom is -0.421 e. The van der Waals surface area contributed by atoms with Crippen LogP contribution in [0.3, 0.4) is 0 Å². The second-order valence-corrected chi connectivity index (χ2v) is 9.09. The van der Waals surface area contributed by atoms with Gasteiger partial charge in [-0.1, -0.05) is 50.1 Å². The average molecular weight is 606 g/mol. The van der Waals surface area contributed by atoms with E-state index in [2.05, 4.69) is 52.8 Å². The van der Waals surface area contributed by atoms with E-state index in [0.717, 1.165) is 8.95 Å². The van der Waals surface area contributed by atoms with Gasteiger partial charge in [-0.05, 0) is 70.5 Å². The number of carbonyl (C=O) groups is 2. The molecule has 3 aromatic carbocycles. The van der Waals surface area contributed by atoms with Gasteiger partial charge in [0.25, 0.3) is 0 Å². The van der Waals surface area contributed by atoms with Crippen LogP contribution in [-0.2, 0) is 9.53 Å². The third-order valence-electron chi connectivity index (χ3n) is 4.25. The van der Waals surface area contributed by atoms with E-state index in [1.807, 2.05) is 18.2 Å². The van der Waals surface area contributed by atoms with Crippen LogP contribution in [0.15, 0.2) is 90.8 Å². The maximum absolute atomic E-state index is 12.6. The first kappa shape index (κ1) is 21.7. The van der Waals surface area contributed by atoms with Crippen molar-refractivity contribution in [2.75, 3.05) is 0 Å². The maximum atomic E-state index is 12.6. The lowest BCUT2D eigenvalue weighted by molar-refractivity contribution is -0.129. The van der Waals surface area contributed by atoms with Gasteiger partial charge in [0.15, 0.2) is 11.4 Å². The van der Waals surface area contributed by atoms with Gasteiger partial charge in [-0.25, -0.2) is 14.6 Å². The molecule has 154 valence electrons. The van der Waals surface area contributed by atoms with Crippen LogP contribution in [0.1, 0.15) is 21.5 Å². The molecule has 1 aliphatic rings. The van der Waals surface area contributed by atoms with Crippen molar-refractivity contribution >= 4 is 71.7 Å². The number of halogens is 3. The summed E-state index contributed by atoms with van der Waals surface area (Å²) in [4.78, 5) is 29.3. The molecule has 0 fully saturated rings. The van der Waals surface area contributed by atoms with E-state index in [9.17, 15) is 9.59 Å². The van der Waals surface area contributed by atoms with E-state index in [0.29, 0.717) is 21.2 Å². The predicted molar refractivity (Wildman–Crippen MR) is 128 cm³/mol. The number of benzene rings is 3. The second kappa shape index (κ2) is 9.30. The number of nitrogens with zero attached hydrogens (tertiary/aromatic N) is 1. The summed E-state index contributed by atoms with van der Waals surface area (Å²) in [5.41, 5.74) is 1.67. The van der Waals surface area contributed by atoms with Crippen molar-refractivity contribution in [1.82, 2.24) is 0 Å². The lowest BCUT2D eigenvalue weighted by Gasteiger charge is -2.11. The minimum atomic E-state index is -0.583. The monoisotopic (exact) mass is 603 g/mol. The van der Waals surface area contributed by atoms with Crippen LogP contribution in [0.2, 0.25) is 0 Å². The predicted octanol–water partition coefficient (Wildman–Crippen LogP) is 6.54. The van der Waals surface area contributed by atoms with Crippen LogP contribution >= 0.6 is 47.8 Å². The first-order chi connectivity index (χ1) is 14.9. The summed E-state index contributed by atoms with van der Waals surface area (Å²) in [5, 5.41) is 0. The normalized spacial score (nSPS) is 14.4. The molecule has 0 N–H and O–H groups in total. The van der Waals surface area contributed by atoms with E-state index >= 15 is 0 Å². The SMILES string of the molecule is O=C1OC(c2ccccc2)=N/C1=C\c1cc(Br)cc(Br)c1OC(=O)c1ccc(Br)cc1. The molecule has 0 aromatic heterocycles. The highest BCUT2D eigenvalue weighted by atomic mass is 79.9. The topological polar surface area (TPSA) is 65.0 Å². The Morgan fingerprint density at radius 3 is 2.35 bits per heavy atom. The molecule has 4 rings (SSSR count). The Hall–Kier alpha value is -2.55. The van der Waals surface area contributed by atoms with Gasteiger partial charge in [0.2, 0.25) is 5.90 Å². The second-order valence-electron chi connectivity index (χ2n) is 6.40. The molecule has 0 aliphatic carbocycles. The van der Waals surface area contributed by atoms with E-state index in [1.54, 1.807) is 48.5 Å². The van der Waals surface area contributed by atoms with Crippen molar-refractivity contribution in [3.63, 3.8) is 0 Å². The largest absolute Gasteiger partial charge is 0.421 e. The lowest BCUT2D eigenvalue weighted by atomic mass is 10.1. The Kier molecular flexibility index (Phi) is 6.50. The number of rotatable bonds is 4. The molecule has 0 amide bonds. The van der Waals surface area contributed by atoms with Gasteiger partial charge in [0.05, 0.1) is 10.0 Å². The average Bonchev–Trinajstić information content (AvgIpc) is 3.12. The number of hydrogen-bond donors (Lipinski definition) is 0. The smallest absolute Gasteiger partial charge is 0.363 e. The summed E-state index contributed by atoms with van der Waals surface area (Å²) >= 11 is 10.2. The van der Waals surface area contributed by atoms with Gasteiger partial charge < -0.3 is 9.47 Å². The molecule has 0 radical (unpaired) electrons. The Bertz CT molecular complexity index is 1240. The Morgan fingerprint density at radius 1 is 0.935 bits per heavy atom. The summed E-state index contributed by atoms with van der Waals surface area (Å²) in [6.07, 6.45) is 1.53. The highest BCUT2D eigenvalue weighted by Gasteiger charge is 2.25. The van der Waals surface area contributed by atoms with Gasteiger partial charge in [-0.15, -0.1) is 0 Å². The van der Waals surface area contributed by atoms with Crippen LogP contribution in [0.25, 0.3) is 6.08 Å². The zero-order valence-corrected chi connectivity index (χ0v) is 20.4. The molecule has 8 heteroatoms. The molecule has 3 aromatic rings. The summed E-state index contributed by atoms with van der Waals surface area (Å²) < 4.78 is 13.1.